The molecule has 0 atom stereocenters. The lowest BCUT2D eigenvalue weighted by molar-refractivity contribution is 0.921. The van der Waals surface area contributed by atoms with Crippen molar-refractivity contribution in [2.24, 2.45) is 0 Å². The molecule has 0 saturated heterocycles. The monoisotopic (exact) mass is 309 g/mol. The van der Waals surface area contributed by atoms with Crippen molar-refractivity contribution in [3.05, 3.63) is 22.1 Å². The first-order valence-corrected chi connectivity index (χ1v) is 8.57. The summed E-state index contributed by atoms with van der Waals surface area (Å²) >= 11 is 3.24. The zero-order valence-corrected chi connectivity index (χ0v) is 13.6. The highest BCUT2D eigenvalue weighted by Crippen LogP contribution is 2.19. The van der Waals surface area contributed by atoms with Crippen molar-refractivity contribution in [1.82, 2.24) is 15.0 Å². The Kier molecular flexibility index (Phi) is 5.60. The summed E-state index contributed by atoms with van der Waals surface area (Å²) in [5.74, 6) is 1.69. The van der Waals surface area contributed by atoms with E-state index in [9.17, 15) is 0 Å². The summed E-state index contributed by atoms with van der Waals surface area (Å²) in [5, 5.41) is 8.44. The molecule has 0 saturated carbocycles. The maximum Gasteiger partial charge on any atom is 0.191 e. The van der Waals surface area contributed by atoms with Crippen LogP contribution in [-0.2, 0) is 6.54 Å². The van der Waals surface area contributed by atoms with Gasteiger partial charge in [0.2, 0.25) is 0 Å². The maximum atomic E-state index is 4.46. The van der Waals surface area contributed by atoms with Crippen LogP contribution in [0.5, 0.6) is 0 Å². The Morgan fingerprint density at radius 3 is 2.60 bits per heavy atom. The maximum absolute atomic E-state index is 4.46. The molecule has 108 valence electrons. The van der Waals surface area contributed by atoms with E-state index >= 15 is 0 Å². The summed E-state index contributed by atoms with van der Waals surface area (Å²) in [6.07, 6.45) is 4.94. The third kappa shape index (κ3) is 4.35. The number of aromatic nitrogens is 3. The molecule has 2 aromatic heterocycles. The first-order valence-electron chi connectivity index (χ1n) is 6.53. The molecule has 0 aliphatic rings. The zero-order valence-electron chi connectivity index (χ0n) is 11.9. The molecule has 7 heteroatoms. The van der Waals surface area contributed by atoms with Gasteiger partial charge in [0.15, 0.2) is 5.16 Å². The van der Waals surface area contributed by atoms with E-state index in [1.807, 2.05) is 18.5 Å². The van der Waals surface area contributed by atoms with E-state index in [-0.39, 0.29) is 0 Å². The Morgan fingerprint density at radius 1 is 1.25 bits per heavy atom. The van der Waals surface area contributed by atoms with Crippen molar-refractivity contribution < 1.29 is 0 Å². The molecule has 0 amide bonds. The minimum absolute atomic E-state index is 0.691. The van der Waals surface area contributed by atoms with Gasteiger partial charge in [-0.1, -0.05) is 18.7 Å². The lowest BCUT2D eigenvalue weighted by Gasteiger charge is -2.09. The predicted molar refractivity (Wildman–Crippen MR) is 86.8 cm³/mol. The number of anilines is 2. The summed E-state index contributed by atoms with van der Waals surface area (Å²) in [6, 6.07) is 1.94. The van der Waals surface area contributed by atoms with E-state index < -0.39 is 0 Å². The fourth-order valence-corrected chi connectivity index (χ4v) is 2.71. The molecule has 0 bridgehead atoms. The van der Waals surface area contributed by atoms with Crippen LogP contribution in [0.4, 0.5) is 11.6 Å². The molecule has 0 radical (unpaired) electrons. The van der Waals surface area contributed by atoms with E-state index in [0.29, 0.717) is 6.54 Å². The van der Waals surface area contributed by atoms with Crippen molar-refractivity contribution in [2.45, 2.75) is 32.0 Å². The van der Waals surface area contributed by atoms with E-state index in [2.05, 4.69) is 39.4 Å². The number of aryl methyl sites for hydroxylation is 1. The number of nitrogens with one attached hydrogen (secondary N) is 2. The van der Waals surface area contributed by atoms with Gasteiger partial charge in [0, 0.05) is 23.7 Å². The number of thiazole rings is 1. The van der Waals surface area contributed by atoms with Crippen LogP contribution >= 0.6 is 23.1 Å². The Morgan fingerprint density at radius 2 is 2.00 bits per heavy atom. The lowest BCUT2D eigenvalue weighted by atomic mass is 10.4. The highest BCUT2D eigenvalue weighted by Gasteiger charge is 2.05. The van der Waals surface area contributed by atoms with Crippen LogP contribution in [0.1, 0.15) is 23.2 Å². The van der Waals surface area contributed by atoms with Crippen molar-refractivity contribution in [3.63, 3.8) is 0 Å². The van der Waals surface area contributed by atoms with Gasteiger partial charge in [-0.15, -0.1) is 11.3 Å². The molecular weight excluding hydrogens is 290 g/mol. The summed E-state index contributed by atoms with van der Waals surface area (Å²) < 4.78 is 0. The molecule has 0 aromatic carbocycles. The second-order valence-electron chi connectivity index (χ2n) is 4.27. The standard InChI is InChI=1S/C13H19N5S2/c1-4-5-14-10-6-11(18-13(17-10)19-3)15-8-12-16-7-9(2)20-12/h6-7H,4-5,8H2,1-3H3,(H2,14,15,17,18). The van der Waals surface area contributed by atoms with Gasteiger partial charge in [0.05, 0.1) is 6.54 Å². The molecule has 2 N–H and O–H groups in total. The van der Waals surface area contributed by atoms with Crippen LogP contribution in [0.3, 0.4) is 0 Å². The summed E-state index contributed by atoms with van der Waals surface area (Å²) in [7, 11) is 0. The SMILES string of the molecule is CCCNc1cc(NCc2ncc(C)s2)nc(SC)n1. The Balaban J connectivity index is 2.05. The minimum atomic E-state index is 0.691. The molecule has 20 heavy (non-hydrogen) atoms. The van der Waals surface area contributed by atoms with Gasteiger partial charge in [-0.3, -0.25) is 0 Å². The molecule has 2 rings (SSSR count). The average molecular weight is 309 g/mol. The van der Waals surface area contributed by atoms with Crippen molar-refractivity contribution in [3.8, 4) is 0 Å². The molecule has 0 spiro atoms. The van der Waals surface area contributed by atoms with E-state index in [4.69, 9.17) is 0 Å². The normalized spacial score (nSPS) is 10.6. The van der Waals surface area contributed by atoms with Crippen molar-refractivity contribution in [1.29, 1.82) is 0 Å². The van der Waals surface area contributed by atoms with Crippen molar-refractivity contribution >= 4 is 34.7 Å². The molecule has 0 fully saturated rings. The molecule has 0 unspecified atom stereocenters. The first-order chi connectivity index (χ1) is 9.71. The lowest BCUT2D eigenvalue weighted by Crippen LogP contribution is -2.07. The highest BCUT2D eigenvalue weighted by atomic mass is 32.2. The van der Waals surface area contributed by atoms with E-state index in [0.717, 1.165) is 34.8 Å². The topological polar surface area (TPSA) is 62.7 Å². The van der Waals surface area contributed by atoms with Crippen LogP contribution in [0.15, 0.2) is 17.4 Å². The summed E-state index contributed by atoms with van der Waals surface area (Å²) in [5.41, 5.74) is 0. The predicted octanol–water partition coefficient (Wildman–Crippen LogP) is 3.40. The van der Waals surface area contributed by atoms with Gasteiger partial charge in [-0.25, -0.2) is 15.0 Å². The number of nitrogens with zero attached hydrogens (tertiary/aromatic N) is 3. The Labute approximate surface area is 127 Å². The molecule has 2 heterocycles. The average Bonchev–Trinajstić information content (AvgIpc) is 2.88. The van der Waals surface area contributed by atoms with Gasteiger partial charge in [-0.05, 0) is 19.6 Å². The number of hydrogen-bond donors (Lipinski definition) is 2. The van der Waals surface area contributed by atoms with Crippen LogP contribution in [0.25, 0.3) is 0 Å². The van der Waals surface area contributed by atoms with Gasteiger partial charge >= 0.3 is 0 Å². The fraction of sp³-hybridized carbons (Fsp3) is 0.462. The van der Waals surface area contributed by atoms with Crippen LogP contribution < -0.4 is 10.6 Å². The Hall–Kier alpha value is -1.34. The third-order valence-corrected chi connectivity index (χ3v) is 3.99. The van der Waals surface area contributed by atoms with Gasteiger partial charge in [0.25, 0.3) is 0 Å². The van der Waals surface area contributed by atoms with Crippen molar-refractivity contribution in [2.75, 3.05) is 23.4 Å². The van der Waals surface area contributed by atoms with Gasteiger partial charge in [0.1, 0.15) is 16.6 Å². The van der Waals surface area contributed by atoms with Crippen LogP contribution in [0.2, 0.25) is 0 Å². The number of thioether (sulfide) groups is 1. The van der Waals surface area contributed by atoms with E-state index in [1.165, 1.54) is 4.88 Å². The molecular formula is C13H19N5S2. The third-order valence-electron chi connectivity index (χ3n) is 2.53. The summed E-state index contributed by atoms with van der Waals surface area (Å²) in [6.45, 7) is 5.80. The largest absolute Gasteiger partial charge is 0.370 e. The smallest absolute Gasteiger partial charge is 0.191 e. The molecule has 5 nitrogen and oxygen atoms in total. The molecule has 0 aliphatic heterocycles. The highest BCUT2D eigenvalue weighted by molar-refractivity contribution is 7.98. The Bertz CT molecular complexity index is 555. The first kappa shape index (κ1) is 15.1. The zero-order chi connectivity index (χ0) is 14.4. The second-order valence-corrected chi connectivity index (χ2v) is 6.36. The number of hydrogen-bond acceptors (Lipinski definition) is 7. The second kappa shape index (κ2) is 7.44. The van der Waals surface area contributed by atoms with Gasteiger partial charge in [-0.2, -0.15) is 0 Å². The number of rotatable bonds is 7. The minimum Gasteiger partial charge on any atom is -0.370 e. The van der Waals surface area contributed by atoms with Gasteiger partial charge < -0.3 is 10.6 Å². The molecule has 2 aromatic rings. The van der Waals surface area contributed by atoms with E-state index in [1.54, 1.807) is 23.1 Å². The van der Waals surface area contributed by atoms with Crippen LogP contribution in [-0.4, -0.2) is 27.8 Å². The fourth-order valence-electron chi connectivity index (χ4n) is 1.60. The molecule has 0 aliphatic carbocycles. The van der Waals surface area contributed by atoms with Crippen LogP contribution in [0, 0.1) is 6.92 Å². The summed E-state index contributed by atoms with van der Waals surface area (Å²) in [4.78, 5) is 14.5. The quantitative estimate of drug-likeness (QED) is 0.604.